The van der Waals surface area contributed by atoms with Crippen LogP contribution in [-0.2, 0) is 6.42 Å². The molecule has 1 heterocycles. The first-order chi connectivity index (χ1) is 9.15. The molecule has 1 aliphatic heterocycles. The van der Waals surface area contributed by atoms with Crippen molar-refractivity contribution in [1.82, 2.24) is 4.90 Å². The highest BCUT2D eigenvalue weighted by Crippen LogP contribution is 2.30. The maximum atomic E-state index is 6.06. The third-order valence-corrected chi connectivity index (χ3v) is 4.59. The summed E-state index contributed by atoms with van der Waals surface area (Å²) in [6.45, 7) is 8.80. The van der Waals surface area contributed by atoms with Crippen LogP contribution in [-0.4, -0.2) is 24.0 Å². The molecule has 0 radical (unpaired) electrons. The van der Waals surface area contributed by atoms with E-state index in [9.17, 15) is 0 Å². The van der Waals surface area contributed by atoms with Crippen LogP contribution in [0.2, 0.25) is 0 Å². The zero-order chi connectivity index (χ0) is 13.8. The first kappa shape index (κ1) is 14.5. The monoisotopic (exact) mass is 260 g/mol. The van der Waals surface area contributed by atoms with Gasteiger partial charge in [-0.05, 0) is 49.8 Å². The Morgan fingerprint density at radius 1 is 1.26 bits per heavy atom. The molecule has 0 aromatic heterocycles. The summed E-state index contributed by atoms with van der Waals surface area (Å²) in [5, 5.41) is 0. The number of aryl methyl sites for hydroxylation is 1. The Kier molecular flexibility index (Phi) is 5.00. The molecule has 2 heteroatoms. The number of hydrogen-bond acceptors (Lipinski definition) is 2. The average molecular weight is 260 g/mol. The number of likely N-dealkylation sites (tertiary alicyclic amines) is 1. The molecule has 1 fully saturated rings. The summed E-state index contributed by atoms with van der Waals surface area (Å²) >= 11 is 0. The lowest BCUT2D eigenvalue weighted by molar-refractivity contribution is 0.0847. The summed E-state index contributed by atoms with van der Waals surface area (Å²) in [4.78, 5) is 2.60. The molecule has 0 bridgehead atoms. The summed E-state index contributed by atoms with van der Waals surface area (Å²) in [6.07, 6.45) is 3.70. The van der Waals surface area contributed by atoms with Crippen molar-refractivity contribution in [2.24, 2.45) is 11.7 Å². The van der Waals surface area contributed by atoms with Crippen molar-refractivity contribution in [2.45, 2.75) is 52.1 Å². The van der Waals surface area contributed by atoms with Gasteiger partial charge >= 0.3 is 0 Å². The number of piperidine rings is 1. The van der Waals surface area contributed by atoms with E-state index < -0.39 is 0 Å². The normalized spacial score (nSPS) is 26.3. The summed E-state index contributed by atoms with van der Waals surface area (Å²) in [5.74, 6) is 0.854. The minimum Gasteiger partial charge on any atom is -0.329 e. The van der Waals surface area contributed by atoms with Gasteiger partial charge in [0.25, 0.3) is 0 Å². The lowest BCUT2D eigenvalue weighted by Crippen LogP contribution is -2.44. The highest BCUT2D eigenvalue weighted by Gasteiger charge is 2.28. The standard InChI is InChI=1S/C17H28N2/c1-4-15-5-7-16(8-6-15)17(12-18)19-10-9-13(2)11-14(19)3/h5-8,13-14,17H,4,9-12,18H2,1-3H3. The average Bonchev–Trinajstić information content (AvgIpc) is 2.42. The van der Waals surface area contributed by atoms with Crippen molar-refractivity contribution in [2.75, 3.05) is 13.1 Å². The maximum Gasteiger partial charge on any atom is 0.0473 e. The minimum absolute atomic E-state index is 0.383. The molecule has 106 valence electrons. The second-order valence-corrected chi connectivity index (χ2v) is 6.06. The minimum atomic E-state index is 0.383. The molecule has 0 saturated carbocycles. The first-order valence-electron chi connectivity index (χ1n) is 7.70. The number of nitrogens with two attached hydrogens (primary N) is 1. The van der Waals surface area contributed by atoms with Gasteiger partial charge < -0.3 is 5.73 Å². The summed E-state index contributed by atoms with van der Waals surface area (Å²) < 4.78 is 0. The molecule has 2 nitrogen and oxygen atoms in total. The quantitative estimate of drug-likeness (QED) is 0.899. The summed E-state index contributed by atoms with van der Waals surface area (Å²) in [5.41, 5.74) is 8.84. The first-order valence-corrected chi connectivity index (χ1v) is 7.70. The van der Waals surface area contributed by atoms with E-state index in [0.29, 0.717) is 18.6 Å². The molecule has 2 rings (SSSR count). The van der Waals surface area contributed by atoms with Gasteiger partial charge in [-0.1, -0.05) is 38.1 Å². The number of nitrogens with zero attached hydrogens (tertiary/aromatic N) is 1. The van der Waals surface area contributed by atoms with Crippen LogP contribution in [0.1, 0.15) is 50.8 Å². The van der Waals surface area contributed by atoms with E-state index in [1.54, 1.807) is 0 Å². The van der Waals surface area contributed by atoms with E-state index in [4.69, 9.17) is 5.73 Å². The van der Waals surface area contributed by atoms with E-state index in [1.165, 1.54) is 30.5 Å². The molecule has 19 heavy (non-hydrogen) atoms. The Balaban J connectivity index is 2.14. The van der Waals surface area contributed by atoms with Crippen LogP contribution in [0.5, 0.6) is 0 Å². The van der Waals surface area contributed by atoms with Crippen LogP contribution in [0, 0.1) is 5.92 Å². The number of hydrogen-bond donors (Lipinski definition) is 1. The maximum absolute atomic E-state index is 6.06. The van der Waals surface area contributed by atoms with Gasteiger partial charge in [-0.3, -0.25) is 4.90 Å². The van der Waals surface area contributed by atoms with Gasteiger partial charge in [-0.15, -0.1) is 0 Å². The predicted molar refractivity (Wildman–Crippen MR) is 82.2 cm³/mol. The van der Waals surface area contributed by atoms with E-state index in [1.807, 2.05) is 0 Å². The molecule has 0 spiro atoms. The Morgan fingerprint density at radius 2 is 1.95 bits per heavy atom. The molecule has 2 N–H and O–H groups in total. The molecule has 3 unspecified atom stereocenters. The van der Waals surface area contributed by atoms with Crippen LogP contribution < -0.4 is 5.73 Å². The van der Waals surface area contributed by atoms with Crippen LogP contribution in [0.4, 0.5) is 0 Å². The van der Waals surface area contributed by atoms with Crippen molar-refractivity contribution in [3.63, 3.8) is 0 Å². The number of benzene rings is 1. The van der Waals surface area contributed by atoms with Gasteiger partial charge in [0.05, 0.1) is 0 Å². The molecular weight excluding hydrogens is 232 g/mol. The largest absolute Gasteiger partial charge is 0.329 e. The lowest BCUT2D eigenvalue weighted by atomic mass is 9.90. The Labute approximate surface area is 118 Å². The molecule has 1 aromatic carbocycles. The Bertz CT molecular complexity index is 385. The smallest absolute Gasteiger partial charge is 0.0473 e. The topological polar surface area (TPSA) is 29.3 Å². The van der Waals surface area contributed by atoms with E-state index >= 15 is 0 Å². The van der Waals surface area contributed by atoms with Crippen LogP contribution in [0.25, 0.3) is 0 Å². The Hall–Kier alpha value is -0.860. The second kappa shape index (κ2) is 6.53. The van der Waals surface area contributed by atoms with E-state index in [-0.39, 0.29) is 0 Å². The van der Waals surface area contributed by atoms with Crippen LogP contribution >= 0.6 is 0 Å². The van der Waals surface area contributed by atoms with Crippen LogP contribution in [0.3, 0.4) is 0 Å². The SMILES string of the molecule is CCc1ccc(C(CN)N2CCC(C)CC2C)cc1. The molecular formula is C17H28N2. The van der Waals surface area contributed by atoms with Gasteiger partial charge in [0.15, 0.2) is 0 Å². The van der Waals surface area contributed by atoms with Crippen molar-refractivity contribution >= 4 is 0 Å². The van der Waals surface area contributed by atoms with E-state index in [0.717, 1.165) is 12.3 Å². The fourth-order valence-corrected chi connectivity index (χ4v) is 3.33. The van der Waals surface area contributed by atoms with Gasteiger partial charge in [0, 0.05) is 18.6 Å². The lowest BCUT2D eigenvalue weighted by Gasteiger charge is -2.41. The number of rotatable bonds is 4. The predicted octanol–water partition coefficient (Wildman–Crippen LogP) is 3.37. The molecule has 1 aliphatic rings. The summed E-state index contributed by atoms with van der Waals surface area (Å²) in [7, 11) is 0. The zero-order valence-electron chi connectivity index (χ0n) is 12.6. The fraction of sp³-hybridized carbons (Fsp3) is 0.647. The second-order valence-electron chi connectivity index (χ2n) is 6.06. The fourth-order valence-electron chi connectivity index (χ4n) is 3.33. The zero-order valence-corrected chi connectivity index (χ0v) is 12.6. The van der Waals surface area contributed by atoms with Crippen LogP contribution in [0.15, 0.2) is 24.3 Å². The third-order valence-electron chi connectivity index (χ3n) is 4.59. The van der Waals surface area contributed by atoms with Crippen molar-refractivity contribution in [3.8, 4) is 0 Å². The summed E-state index contributed by atoms with van der Waals surface area (Å²) in [6, 6.07) is 10.0. The van der Waals surface area contributed by atoms with E-state index in [2.05, 4.69) is 49.9 Å². The highest BCUT2D eigenvalue weighted by molar-refractivity contribution is 5.25. The molecule has 1 aromatic rings. The molecule has 1 saturated heterocycles. The van der Waals surface area contributed by atoms with Crippen molar-refractivity contribution in [3.05, 3.63) is 35.4 Å². The van der Waals surface area contributed by atoms with Gasteiger partial charge in [0.2, 0.25) is 0 Å². The Morgan fingerprint density at radius 3 is 2.47 bits per heavy atom. The van der Waals surface area contributed by atoms with Crippen molar-refractivity contribution < 1.29 is 0 Å². The van der Waals surface area contributed by atoms with Crippen molar-refractivity contribution in [1.29, 1.82) is 0 Å². The third kappa shape index (κ3) is 3.37. The van der Waals surface area contributed by atoms with Gasteiger partial charge in [-0.25, -0.2) is 0 Å². The molecule has 3 atom stereocenters. The van der Waals surface area contributed by atoms with Gasteiger partial charge in [0.1, 0.15) is 0 Å². The highest BCUT2D eigenvalue weighted by atomic mass is 15.2. The molecule has 0 amide bonds. The van der Waals surface area contributed by atoms with Gasteiger partial charge in [-0.2, -0.15) is 0 Å². The molecule has 0 aliphatic carbocycles.